The lowest BCUT2D eigenvalue weighted by molar-refractivity contribution is -0.134. The maximum absolute atomic E-state index is 12.9. The van der Waals surface area contributed by atoms with Crippen molar-refractivity contribution >= 4 is 33.5 Å². The predicted octanol–water partition coefficient (Wildman–Crippen LogP) is 2.56. The molecule has 4 aromatic rings. The average Bonchev–Trinajstić information content (AvgIpc) is 3.66. The summed E-state index contributed by atoms with van der Waals surface area (Å²) in [6, 6.07) is 6.24. The summed E-state index contributed by atoms with van der Waals surface area (Å²) in [6.07, 6.45) is 9.38. The van der Waals surface area contributed by atoms with Crippen LogP contribution in [-0.4, -0.2) is 104 Å². The second-order valence-corrected chi connectivity index (χ2v) is 13.7. The van der Waals surface area contributed by atoms with Crippen molar-refractivity contribution in [3.05, 3.63) is 65.5 Å². The number of aromatic nitrogens is 6. The van der Waals surface area contributed by atoms with Crippen molar-refractivity contribution in [1.29, 1.82) is 0 Å². The van der Waals surface area contributed by atoms with Gasteiger partial charge in [0.2, 0.25) is 11.9 Å². The Labute approximate surface area is 261 Å². The molecule has 0 aliphatic carbocycles. The number of sulfonamides is 1. The minimum absolute atomic E-state index is 0.00654. The first-order chi connectivity index (χ1) is 21.1. The number of aryl methyl sites for hydroxylation is 2. The summed E-state index contributed by atoms with van der Waals surface area (Å²) in [5.74, 6) is 0.568. The van der Waals surface area contributed by atoms with E-state index in [4.69, 9.17) is 11.6 Å². The molecule has 3 aromatic heterocycles. The van der Waals surface area contributed by atoms with E-state index in [1.165, 1.54) is 16.8 Å². The smallest absolute Gasteiger partial charge is 0.262 e. The zero-order valence-corrected chi connectivity index (χ0v) is 26.5. The molecule has 2 fully saturated rings. The molecule has 6 rings (SSSR count). The van der Waals surface area contributed by atoms with Gasteiger partial charge in [0, 0.05) is 70.8 Å². The molecule has 5 heterocycles. The number of halogens is 1. The number of nitrogens with zero attached hydrogens (tertiary/aromatic N) is 9. The zero-order chi connectivity index (χ0) is 31.0. The number of carbonyl (C=O) groups excluding carboxylic acids is 1. The van der Waals surface area contributed by atoms with E-state index in [9.17, 15) is 13.2 Å². The van der Waals surface area contributed by atoms with E-state index in [2.05, 4.69) is 42.4 Å². The Kier molecular flexibility index (Phi) is 8.42. The van der Waals surface area contributed by atoms with Gasteiger partial charge in [-0.3, -0.25) is 9.69 Å². The van der Waals surface area contributed by atoms with Crippen molar-refractivity contribution in [2.24, 2.45) is 7.05 Å². The third kappa shape index (κ3) is 6.34. The number of imidazole rings is 1. The molecule has 0 unspecified atom stereocenters. The van der Waals surface area contributed by atoms with Crippen LogP contribution in [0.5, 0.6) is 0 Å². The lowest BCUT2D eigenvalue weighted by atomic mass is 10.1. The Morgan fingerprint density at radius 1 is 1.05 bits per heavy atom. The van der Waals surface area contributed by atoms with Crippen LogP contribution in [0, 0.1) is 6.92 Å². The normalized spacial score (nSPS) is 17.4. The summed E-state index contributed by atoms with van der Waals surface area (Å²) in [6.45, 7) is 5.53. The van der Waals surface area contributed by atoms with Crippen LogP contribution in [0.3, 0.4) is 0 Å². The van der Waals surface area contributed by atoms with Gasteiger partial charge in [0.15, 0.2) is 5.03 Å². The Morgan fingerprint density at radius 3 is 2.55 bits per heavy atom. The number of anilines is 1. The summed E-state index contributed by atoms with van der Waals surface area (Å²) >= 11 is 6.52. The number of nitrogens with one attached hydrogen (secondary N) is 1. The first kappa shape index (κ1) is 30.2. The predicted molar refractivity (Wildman–Crippen MR) is 166 cm³/mol. The fourth-order valence-corrected chi connectivity index (χ4v) is 7.20. The summed E-state index contributed by atoms with van der Waals surface area (Å²) in [4.78, 5) is 29.1. The molecule has 2 aliphatic rings. The molecular weight excluding hydrogens is 604 g/mol. The number of piperidine rings is 1. The molecule has 1 N–H and O–H groups in total. The molecule has 13 nitrogen and oxygen atoms in total. The summed E-state index contributed by atoms with van der Waals surface area (Å²) < 4.78 is 30.7. The Balaban J connectivity index is 1.11. The van der Waals surface area contributed by atoms with Gasteiger partial charge in [0.1, 0.15) is 0 Å². The molecule has 1 aromatic carbocycles. The number of carbonyl (C=O) groups is 1. The van der Waals surface area contributed by atoms with Crippen LogP contribution in [-0.2, 0) is 28.4 Å². The third-order valence-electron chi connectivity index (χ3n) is 8.12. The lowest BCUT2D eigenvalue weighted by Gasteiger charge is -2.32. The van der Waals surface area contributed by atoms with E-state index >= 15 is 0 Å². The van der Waals surface area contributed by atoms with Crippen LogP contribution in [0.4, 0.5) is 5.95 Å². The standard InChI is InChI=1S/C29H35ClN10O3S/c1-20-12-21(15-38-11-10-37(3)27(41)18-38)4-5-25(20)40-16-22(13-33-40)28-24(30)14-31-29(35-28)34-23-6-8-39(9-7-23)44(42,43)26-17-36(2)19-32-26/h4-5,12-14,16-17,19,23H,6-11,15,18H2,1-3H3,(H,31,34,35). The number of amides is 1. The fourth-order valence-electron chi connectivity index (χ4n) is 5.57. The topological polar surface area (TPSA) is 134 Å². The molecule has 0 radical (unpaired) electrons. The molecule has 1 amide bonds. The molecule has 0 spiro atoms. The van der Waals surface area contributed by atoms with Crippen molar-refractivity contribution in [3.63, 3.8) is 0 Å². The number of piperazine rings is 1. The monoisotopic (exact) mass is 638 g/mol. The molecule has 15 heteroatoms. The second-order valence-electron chi connectivity index (χ2n) is 11.4. The first-order valence-corrected chi connectivity index (χ1v) is 16.3. The van der Waals surface area contributed by atoms with E-state index in [-0.39, 0.29) is 17.0 Å². The zero-order valence-electron chi connectivity index (χ0n) is 24.9. The van der Waals surface area contributed by atoms with Crippen molar-refractivity contribution in [2.75, 3.05) is 45.1 Å². The van der Waals surface area contributed by atoms with Crippen molar-refractivity contribution in [2.45, 2.75) is 37.4 Å². The maximum atomic E-state index is 12.9. The Bertz CT molecular complexity index is 1780. The number of hydrogen-bond acceptors (Lipinski definition) is 9. The van der Waals surface area contributed by atoms with Gasteiger partial charge in [-0.1, -0.05) is 23.7 Å². The van der Waals surface area contributed by atoms with Gasteiger partial charge in [-0.25, -0.2) is 28.1 Å². The van der Waals surface area contributed by atoms with Crippen LogP contribution in [0.15, 0.2) is 54.3 Å². The second kappa shape index (κ2) is 12.3. The summed E-state index contributed by atoms with van der Waals surface area (Å²) in [7, 11) is -0.0375. The number of rotatable bonds is 8. The van der Waals surface area contributed by atoms with Crippen molar-refractivity contribution < 1.29 is 13.2 Å². The minimum atomic E-state index is -3.62. The molecule has 0 saturated carbocycles. The maximum Gasteiger partial charge on any atom is 0.262 e. The fraction of sp³-hybridized carbons (Fsp3) is 0.414. The highest BCUT2D eigenvalue weighted by atomic mass is 35.5. The van der Waals surface area contributed by atoms with Crippen molar-refractivity contribution in [3.8, 4) is 16.9 Å². The third-order valence-corrected chi connectivity index (χ3v) is 10.2. The van der Waals surface area contributed by atoms with E-state index in [0.29, 0.717) is 49.1 Å². The molecule has 44 heavy (non-hydrogen) atoms. The van der Waals surface area contributed by atoms with Crippen LogP contribution < -0.4 is 5.32 Å². The highest BCUT2D eigenvalue weighted by Gasteiger charge is 2.31. The SMILES string of the molecule is Cc1cc(CN2CCN(C)C(=O)C2)ccc1-n1cc(-c2nc(NC3CCN(S(=O)(=O)c4cn(C)cn4)CC3)ncc2Cl)cn1. The van der Waals surface area contributed by atoms with Gasteiger partial charge in [0.05, 0.1) is 41.7 Å². The van der Waals surface area contributed by atoms with Crippen LogP contribution in [0.25, 0.3) is 16.9 Å². The number of hydrogen-bond donors (Lipinski definition) is 1. The number of benzene rings is 1. The highest BCUT2D eigenvalue weighted by Crippen LogP contribution is 2.28. The molecule has 232 valence electrons. The van der Waals surface area contributed by atoms with Gasteiger partial charge in [-0.2, -0.15) is 9.40 Å². The van der Waals surface area contributed by atoms with Gasteiger partial charge < -0.3 is 14.8 Å². The molecular formula is C29H35ClN10O3S. The molecule has 0 bridgehead atoms. The minimum Gasteiger partial charge on any atom is -0.351 e. The van der Waals surface area contributed by atoms with Gasteiger partial charge in [-0.15, -0.1) is 0 Å². The molecule has 2 aliphatic heterocycles. The van der Waals surface area contributed by atoms with Crippen LogP contribution >= 0.6 is 11.6 Å². The summed E-state index contributed by atoms with van der Waals surface area (Å²) in [5, 5.41) is 8.39. The largest absolute Gasteiger partial charge is 0.351 e. The first-order valence-electron chi connectivity index (χ1n) is 14.5. The lowest BCUT2D eigenvalue weighted by Crippen LogP contribution is -2.47. The number of likely N-dealkylation sites (N-methyl/N-ethyl adjacent to an activating group) is 1. The quantitative estimate of drug-likeness (QED) is 0.309. The van der Waals surface area contributed by atoms with Gasteiger partial charge in [0.25, 0.3) is 10.0 Å². The average molecular weight is 639 g/mol. The van der Waals surface area contributed by atoms with Gasteiger partial charge >= 0.3 is 0 Å². The van der Waals surface area contributed by atoms with E-state index < -0.39 is 10.0 Å². The van der Waals surface area contributed by atoms with Crippen molar-refractivity contribution in [1.82, 2.24) is 43.4 Å². The highest BCUT2D eigenvalue weighted by molar-refractivity contribution is 7.89. The van der Waals surface area contributed by atoms with E-state index in [1.807, 2.05) is 26.2 Å². The van der Waals surface area contributed by atoms with E-state index in [1.54, 1.807) is 33.6 Å². The molecule has 2 saturated heterocycles. The Hall–Kier alpha value is -3.85. The summed E-state index contributed by atoms with van der Waals surface area (Å²) in [5.41, 5.74) is 4.44. The van der Waals surface area contributed by atoms with Crippen LogP contribution in [0.1, 0.15) is 24.0 Å². The van der Waals surface area contributed by atoms with Gasteiger partial charge in [-0.05, 0) is 37.0 Å². The Morgan fingerprint density at radius 2 is 1.84 bits per heavy atom. The molecule has 0 atom stereocenters. The van der Waals surface area contributed by atoms with Crippen LogP contribution in [0.2, 0.25) is 5.02 Å². The van der Waals surface area contributed by atoms with E-state index in [0.717, 1.165) is 42.0 Å².